The van der Waals surface area contributed by atoms with Gasteiger partial charge in [-0.15, -0.1) is 0 Å². The Morgan fingerprint density at radius 2 is 1.88 bits per heavy atom. The van der Waals surface area contributed by atoms with E-state index in [0.717, 1.165) is 6.29 Å². The Balaban J connectivity index is 2.87. The van der Waals surface area contributed by atoms with E-state index in [-0.39, 0.29) is 11.8 Å². The van der Waals surface area contributed by atoms with Crippen molar-refractivity contribution in [1.82, 2.24) is 10.6 Å². The van der Waals surface area contributed by atoms with E-state index in [1.807, 2.05) is 0 Å². The second-order valence-electron chi connectivity index (χ2n) is 3.69. The molecule has 0 saturated carbocycles. The molecular weight excluding hydrogens is 208 g/mol. The number of allylic oxidation sites excluding steroid dienone is 2. The molecule has 0 aromatic heterocycles. The monoisotopic (exact) mass is 222 g/mol. The van der Waals surface area contributed by atoms with Crippen LogP contribution in [0.1, 0.15) is 20.3 Å². The number of rotatable bonds is 3. The van der Waals surface area contributed by atoms with Gasteiger partial charge in [-0.3, -0.25) is 14.4 Å². The van der Waals surface area contributed by atoms with E-state index in [2.05, 4.69) is 10.6 Å². The maximum absolute atomic E-state index is 11.1. The molecule has 2 amide bonds. The number of carbonyl (C=O) groups excluding carboxylic acids is 3. The van der Waals surface area contributed by atoms with Crippen LogP contribution in [-0.2, 0) is 14.4 Å². The second-order valence-corrected chi connectivity index (χ2v) is 3.69. The summed E-state index contributed by atoms with van der Waals surface area (Å²) in [5, 5.41) is 5.31. The molecule has 5 nitrogen and oxygen atoms in total. The van der Waals surface area contributed by atoms with Crippen LogP contribution < -0.4 is 10.6 Å². The van der Waals surface area contributed by atoms with Crippen molar-refractivity contribution in [2.24, 2.45) is 0 Å². The number of amides is 2. The van der Waals surface area contributed by atoms with Crippen molar-refractivity contribution in [3.05, 3.63) is 23.8 Å². The zero-order chi connectivity index (χ0) is 12.2. The predicted molar refractivity (Wildman–Crippen MR) is 58.3 cm³/mol. The summed E-state index contributed by atoms with van der Waals surface area (Å²) in [7, 11) is 0. The first-order valence-corrected chi connectivity index (χ1v) is 4.89. The summed E-state index contributed by atoms with van der Waals surface area (Å²) >= 11 is 0. The van der Waals surface area contributed by atoms with Crippen LogP contribution in [0.15, 0.2) is 23.8 Å². The average molecular weight is 222 g/mol. The molecule has 0 bridgehead atoms. The zero-order valence-corrected chi connectivity index (χ0v) is 9.24. The Kier molecular flexibility index (Phi) is 3.60. The molecule has 0 unspecified atom stereocenters. The summed E-state index contributed by atoms with van der Waals surface area (Å²) in [5.41, 5.74) is -0.379. The van der Waals surface area contributed by atoms with Crippen LogP contribution in [0, 0.1) is 0 Å². The highest BCUT2D eigenvalue weighted by molar-refractivity contribution is 5.81. The van der Waals surface area contributed by atoms with E-state index in [4.69, 9.17) is 0 Å². The highest BCUT2D eigenvalue weighted by atomic mass is 16.2. The van der Waals surface area contributed by atoms with Crippen LogP contribution in [0.25, 0.3) is 0 Å². The van der Waals surface area contributed by atoms with Crippen LogP contribution >= 0.6 is 0 Å². The molecule has 16 heavy (non-hydrogen) atoms. The van der Waals surface area contributed by atoms with Gasteiger partial charge in [-0.25, -0.2) is 0 Å². The van der Waals surface area contributed by atoms with Crippen molar-refractivity contribution >= 4 is 18.1 Å². The van der Waals surface area contributed by atoms with E-state index in [1.165, 1.54) is 13.8 Å². The fourth-order valence-electron chi connectivity index (χ4n) is 1.59. The molecular formula is C11H14N2O3. The molecule has 0 aliphatic heterocycles. The van der Waals surface area contributed by atoms with E-state index in [0.29, 0.717) is 12.0 Å². The van der Waals surface area contributed by atoms with Gasteiger partial charge in [-0.1, -0.05) is 12.2 Å². The lowest BCUT2D eigenvalue weighted by Crippen LogP contribution is -2.58. The number of aldehydes is 1. The third kappa shape index (κ3) is 3.05. The first kappa shape index (κ1) is 12.2. The van der Waals surface area contributed by atoms with Gasteiger partial charge in [0.05, 0.1) is 0 Å². The number of hydrogen-bond acceptors (Lipinski definition) is 3. The van der Waals surface area contributed by atoms with Crippen molar-refractivity contribution < 1.29 is 14.4 Å². The smallest absolute Gasteiger partial charge is 0.218 e. The summed E-state index contributed by atoms with van der Waals surface area (Å²) < 4.78 is 0. The molecule has 1 rings (SSSR count). The van der Waals surface area contributed by atoms with Gasteiger partial charge in [0.2, 0.25) is 11.8 Å². The van der Waals surface area contributed by atoms with Gasteiger partial charge >= 0.3 is 0 Å². The van der Waals surface area contributed by atoms with E-state index in [9.17, 15) is 14.4 Å². The van der Waals surface area contributed by atoms with Crippen molar-refractivity contribution in [2.75, 3.05) is 0 Å². The summed E-state index contributed by atoms with van der Waals surface area (Å²) in [6.45, 7) is 2.74. The molecule has 1 aliphatic rings. The molecule has 0 heterocycles. The van der Waals surface area contributed by atoms with E-state index >= 15 is 0 Å². The number of hydrogen-bond donors (Lipinski definition) is 2. The minimum Gasteiger partial charge on any atom is -0.330 e. The lowest BCUT2D eigenvalue weighted by atomic mass is 9.96. The van der Waals surface area contributed by atoms with E-state index < -0.39 is 5.66 Å². The fourth-order valence-corrected chi connectivity index (χ4v) is 1.59. The van der Waals surface area contributed by atoms with Crippen molar-refractivity contribution in [2.45, 2.75) is 25.9 Å². The third-order valence-electron chi connectivity index (χ3n) is 2.15. The SMILES string of the molecule is CC(=O)NC1(NC(C)=O)C=CC(C=O)=CC1. The summed E-state index contributed by atoms with van der Waals surface area (Å²) in [6.07, 6.45) is 5.93. The van der Waals surface area contributed by atoms with E-state index in [1.54, 1.807) is 18.2 Å². The van der Waals surface area contributed by atoms with Gasteiger partial charge in [0, 0.05) is 25.8 Å². The van der Waals surface area contributed by atoms with Crippen LogP contribution in [0.5, 0.6) is 0 Å². The number of nitrogens with one attached hydrogen (secondary N) is 2. The Hall–Kier alpha value is -1.91. The lowest BCUT2D eigenvalue weighted by molar-refractivity contribution is -0.123. The van der Waals surface area contributed by atoms with Crippen LogP contribution in [0.4, 0.5) is 0 Å². The quantitative estimate of drug-likeness (QED) is 0.523. The second kappa shape index (κ2) is 4.74. The van der Waals surface area contributed by atoms with Crippen LogP contribution in [0.3, 0.4) is 0 Å². The van der Waals surface area contributed by atoms with Crippen LogP contribution in [0.2, 0.25) is 0 Å². The lowest BCUT2D eigenvalue weighted by Gasteiger charge is -2.33. The Bertz CT molecular complexity index is 367. The third-order valence-corrected chi connectivity index (χ3v) is 2.15. The number of carbonyl (C=O) groups is 3. The topological polar surface area (TPSA) is 75.3 Å². The maximum atomic E-state index is 11.1. The van der Waals surface area contributed by atoms with Gasteiger partial charge in [-0.05, 0) is 6.08 Å². The molecule has 0 spiro atoms. The highest BCUT2D eigenvalue weighted by Gasteiger charge is 2.29. The molecule has 0 aromatic rings. The van der Waals surface area contributed by atoms with Gasteiger partial charge in [0.1, 0.15) is 11.9 Å². The predicted octanol–water partition coefficient (Wildman–Crippen LogP) is 0.0401. The largest absolute Gasteiger partial charge is 0.330 e. The Morgan fingerprint density at radius 1 is 1.31 bits per heavy atom. The first-order valence-electron chi connectivity index (χ1n) is 4.89. The fraction of sp³-hybridized carbons (Fsp3) is 0.364. The Labute approximate surface area is 93.6 Å². The molecule has 0 radical (unpaired) electrons. The summed E-state index contributed by atoms with van der Waals surface area (Å²) in [4.78, 5) is 32.6. The minimum atomic E-state index is -0.913. The standard InChI is InChI=1S/C11H14N2O3/c1-8(15)12-11(13-9(2)16)5-3-10(7-14)4-6-11/h3-5,7H,6H2,1-2H3,(H,12,15)(H,13,16). The maximum Gasteiger partial charge on any atom is 0.218 e. The summed E-state index contributed by atoms with van der Waals surface area (Å²) in [6, 6.07) is 0. The van der Waals surface area contributed by atoms with Gasteiger partial charge in [0.25, 0.3) is 0 Å². The molecule has 2 N–H and O–H groups in total. The molecule has 5 heteroatoms. The minimum absolute atomic E-state index is 0.249. The van der Waals surface area contributed by atoms with Gasteiger partial charge in [-0.2, -0.15) is 0 Å². The van der Waals surface area contributed by atoms with Crippen molar-refractivity contribution in [1.29, 1.82) is 0 Å². The Morgan fingerprint density at radius 3 is 2.19 bits per heavy atom. The molecule has 1 aliphatic carbocycles. The average Bonchev–Trinajstić information content (AvgIpc) is 2.16. The van der Waals surface area contributed by atoms with Gasteiger partial charge in [0.15, 0.2) is 0 Å². The first-order chi connectivity index (χ1) is 7.47. The van der Waals surface area contributed by atoms with Crippen molar-refractivity contribution in [3.8, 4) is 0 Å². The molecule has 0 atom stereocenters. The molecule has 0 aromatic carbocycles. The summed E-state index contributed by atoms with van der Waals surface area (Å²) in [5.74, 6) is -0.497. The van der Waals surface area contributed by atoms with Gasteiger partial charge < -0.3 is 10.6 Å². The molecule has 86 valence electrons. The van der Waals surface area contributed by atoms with Crippen LogP contribution in [-0.4, -0.2) is 23.8 Å². The normalized spacial score (nSPS) is 17.2. The zero-order valence-electron chi connectivity index (χ0n) is 9.24. The van der Waals surface area contributed by atoms with Crippen molar-refractivity contribution in [3.63, 3.8) is 0 Å². The molecule has 0 fully saturated rings. The molecule has 0 saturated heterocycles. The highest BCUT2D eigenvalue weighted by Crippen LogP contribution is 2.17.